The Kier molecular flexibility index (Phi) is 3.08. The number of nitrogens with zero attached hydrogens (tertiary/aromatic N) is 1. The van der Waals surface area contributed by atoms with E-state index in [9.17, 15) is 4.79 Å². The van der Waals surface area contributed by atoms with Crippen LogP contribution in [-0.4, -0.2) is 29.9 Å². The van der Waals surface area contributed by atoms with Gasteiger partial charge in [0.15, 0.2) is 0 Å². The SMILES string of the molecule is CC1CCCN1C(=O)C1CNCc2ccccc21. The molecule has 1 N–H and O–H groups in total. The quantitative estimate of drug-likeness (QED) is 0.818. The molecule has 0 aliphatic carbocycles. The van der Waals surface area contributed by atoms with Crippen LogP contribution in [0.25, 0.3) is 0 Å². The summed E-state index contributed by atoms with van der Waals surface area (Å²) in [6, 6.07) is 8.73. The van der Waals surface area contributed by atoms with E-state index in [2.05, 4.69) is 29.3 Å². The lowest BCUT2D eigenvalue weighted by Crippen LogP contribution is -2.42. The van der Waals surface area contributed by atoms with Gasteiger partial charge in [0.1, 0.15) is 0 Å². The highest BCUT2D eigenvalue weighted by Crippen LogP contribution is 2.28. The van der Waals surface area contributed by atoms with E-state index in [0.29, 0.717) is 11.9 Å². The Morgan fingerprint density at radius 3 is 3.00 bits per heavy atom. The number of benzene rings is 1. The van der Waals surface area contributed by atoms with Gasteiger partial charge in [0.2, 0.25) is 5.91 Å². The van der Waals surface area contributed by atoms with Crippen LogP contribution < -0.4 is 5.32 Å². The molecule has 0 aromatic heterocycles. The maximum absolute atomic E-state index is 12.7. The van der Waals surface area contributed by atoms with Crippen LogP contribution in [0.4, 0.5) is 0 Å². The molecule has 0 spiro atoms. The lowest BCUT2D eigenvalue weighted by molar-refractivity contribution is -0.133. The van der Waals surface area contributed by atoms with Gasteiger partial charge in [-0.05, 0) is 30.9 Å². The first kappa shape index (κ1) is 11.7. The fourth-order valence-electron chi connectivity index (χ4n) is 3.18. The number of hydrogen-bond donors (Lipinski definition) is 1. The first-order valence-corrected chi connectivity index (χ1v) is 6.86. The molecule has 0 bridgehead atoms. The third-order valence-electron chi connectivity index (χ3n) is 4.23. The molecule has 0 radical (unpaired) electrons. The first-order chi connectivity index (χ1) is 8.77. The molecular formula is C15H20N2O. The maximum Gasteiger partial charge on any atom is 0.231 e. The summed E-state index contributed by atoms with van der Waals surface area (Å²) in [4.78, 5) is 14.7. The lowest BCUT2D eigenvalue weighted by Gasteiger charge is -2.31. The van der Waals surface area contributed by atoms with Crippen LogP contribution in [0.2, 0.25) is 0 Å². The second-order valence-corrected chi connectivity index (χ2v) is 5.41. The number of fused-ring (bicyclic) bond motifs is 1. The molecule has 1 amide bonds. The van der Waals surface area contributed by atoms with Gasteiger partial charge in [-0.3, -0.25) is 4.79 Å². The van der Waals surface area contributed by atoms with Gasteiger partial charge in [0.05, 0.1) is 5.92 Å². The van der Waals surface area contributed by atoms with Crippen molar-refractivity contribution < 1.29 is 4.79 Å². The number of carbonyl (C=O) groups excluding carboxylic acids is 1. The average molecular weight is 244 g/mol. The van der Waals surface area contributed by atoms with Crippen LogP contribution in [-0.2, 0) is 11.3 Å². The molecule has 1 aromatic rings. The predicted molar refractivity (Wildman–Crippen MR) is 71.3 cm³/mol. The van der Waals surface area contributed by atoms with E-state index >= 15 is 0 Å². The molecule has 2 aliphatic rings. The van der Waals surface area contributed by atoms with E-state index in [1.165, 1.54) is 11.1 Å². The monoisotopic (exact) mass is 244 g/mol. The van der Waals surface area contributed by atoms with Crippen LogP contribution in [0.1, 0.15) is 36.8 Å². The number of amides is 1. The molecule has 0 saturated carbocycles. The van der Waals surface area contributed by atoms with Gasteiger partial charge in [-0.15, -0.1) is 0 Å². The van der Waals surface area contributed by atoms with Gasteiger partial charge in [-0.2, -0.15) is 0 Å². The van der Waals surface area contributed by atoms with Crippen LogP contribution >= 0.6 is 0 Å². The van der Waals surface area contributed by atoms with Gasteiger partial charge >= 0.3 is 0 Å². The maximum atomic E-state index is 12.7. The summed E-state index contributed by atoms with van der Waals surface area (Å²) in [6.45, 7) is 4.75. The zero-order valence-corrected chi connectivity index (χ0v) is 10.9. The highest BCUT2D eigenvalue weighted by atomic mass is 16.2. The van der Waals surface area contributed by atoms with Gasteiger partial charge in [0, 0.05) is 25.7 Å². The smallest absolute Gasteiger partial charge is 0.231 e. The van der Waals surface area contributed by atoms with Crippen LogP contribution in [0, 0.1) is 0 Å². The largest absolute Gasteiger partial charge is 0.339 e. The molecule has 2 atom stereocenters. The zero-order valence-electron chi connectivity index (χ0n) is 10.9. The van der Waals surface area contributed by atoms with Gasteiger partial charge in [0.25, 0.3) is 0 Å². The van der Waals surface area contributed by atoms with Crippen LogP contribution in [0.15, 0.2) is 24.3 Å². The minimum absolute atomic E-state index is 0.00972. The highest BCUT2D eigenvalue weighted by molar-refractivity contribution is 5.85. The van der Waals surface area contributed by atoms with E-state index in [1.807, 2.05) is 12.1 Å². The topological polar surface area (TPSA) is 32.3 Å². The molecule has 96 valence electrons. The summed E-state index contributed by atoms with van der Waals surface area (Å²) in [5, 5.41) is 3.36. The molecule has 3 heteroatoms. The lowest BCUT2D eigenvalue weighted by atomic mass is 9.89. The van der Waals surface area contributed by atoms with Crippen molar-refractivity contribution in [2.24, 2.45) is 0 Å². The summed E-state index contributed by atoms with van der Waals surface area (Å²) in [5.74, 6) is 0.315. The molecule has 3 rings (SSSR count). The van der Waals surface area contributed by atoms with Crippen molar-refractivity contribution in [2.75, 3.05) is 13.1 Å². The highest BCUT2D eigenvalue weighted by Gasteiger charge is 2.33. The second-order valence-electron chi connectivity index (χ2n) is 5.41. The zero-order chi connectivity index (χ0) is 12.5. The number of hydrogen-bond acceptors (Lipinski definition) is 2. The van der Waals surface area contributed by atoms with E-state index in [-0.39, 0.29) is 5.92 Å². The second kappa shape index (κ2) is 4.73. The van der Waals surface area contributed by atoms with Crippen molar-refractivity contribution in [3.63, 3.8) is 0 Å². The molecule has 2 aliphatic heterocycles. The normalized spacial score (nSPS) is 27.1. The molecule has 1 fully saturated rings. The van der Waals surface area contributed by atoms with Crippen molar-refractivity contribution in [3.8, 4) is 0 Å². The van der Waals surface area contributed by atoms with E-state index < -0.39 is 0 Å². The van der Waals surface area contributed by atoms with Crippen LogP contribution in [0.3, 0.4) is 0 Å². The molecule has 18 heavy (non-hydrogen) atoms. The number of rotatable bonds is 1. The van der Waals surface area contributed by atoms with Crippen molar-refractivity contribution >= 4 is 5.91 Å². The van der Waals surface area contributed by atoms with Crippen molar-refractivity contribution in [2.45, 2.75) is 38.3 Å². The van der Waals surface area contributed by atoms with Crippen molar-refractivity contribution in [1.29, 1.82) is 0 Å². The van der Waals surface area contributed by atoms with Crippen molar-refractivity contribution in [1.82, 2.24) is 10.2 Å². The Morgan fingerprint density at radius 2 is 2.22 bits per heavy atom. The molecule has 2 unspecified atom stereocenters. The molecule has 2 heterocycles. The first-order valence-electron chi connectivity index (χ1n) is 6.86. The fourth-order valence-corrected chi connectivity index (χ4v) is 3.18. The fraction of sp³-hybridized carbons (Fsp3) is 0.533. The standard InChI is InChI=1S/C15H20N2O/c1-11-5-4-8-17(11)15(18)14-10-16-9-12-6-2-3-7-13(12)14/h2-3,6-7,11,14,16H,4-5,8-10H2,1H3. The minimum atomic E-state index is 0.00972. The van der Waals surface area contributed by atoms with E-state index in [4.69, 9.17) is 0 Å². The summed E-state index contributed by atoms with van der Waals surface area (Å²) < 4.78 is 0. The Labute approximate surface area is 108 Å². The number of carbonyl (C=O) groups is 1. The van der Waals surface area contributed by atoms with Gasteiger partial charge in [-0.1, -0.05) is 24.3 Å². The number of nitrogens with one attached hydrogen (secondary N) is 1. The summed E-state index contributed by atoms with van der Waals surface area (Å²) in [6.07, 6.45) is 2.29. The molecule has 1 saturated heterocycles. The summed E-state index contributed by atoms with van der Waals surface area (Å²) in [5.41, 5.74) is 2.49. The number of likely N-dealkylation sites (tertiary alicyclic amines) is 1. The van der Waals surface area contributed by atoms with E-state index in [0.717, 1.165) is 32.5 Å². The Morgan fingerprint density at radius 1 is 1.39 bits per heavy atom. The van der Waals surface area contributed by atoms with Gasteiger partial charge in [-0.25, -0.2) is 0 Å². The molecule has 3 nitrogen and oxygen atoms in total. The third-order valence-corrected chi connectivity index (χ3v) is 4.23. The molecule has 1 aromatic carbocycles. The van der Waals surface area contributed by atoms with Gasteiger partial charge < -0.3 is 10.2 Å². The van der Waals surface area contributed by atoms with E-state index in [1.54, 1.807) is 0 Å². The molecular weight excluding hydrogens is 224 g/mol. The predicted octanol–water partition coefficient (Wildman–Crippen LogP) is 1.88. The van der Waals surface area contributed by atoms with Crippen molar-refractivity contribution in [3.05, 3.63) is 35.4 Å². The summed E-state index contributed by atoms with van der Waals surface area (Å²) >= 11 is 0. The van der Waals surface area contributed by atoms with Crippen LogP contribution in [0.5, 0.6) is 0 Å². The Balaban J connectivity index is 1.87. The Hall–Kier alpha value is -1.35. The average Bonchev–Trinajstić information content (AvgIpc) is 2.83. The minimum Gasteiger partial charge on any atom is -0.339 e. The Bertz CT molecular complexity index is 458. The third kappa shape index (κ3) is 1.93. The summed E-state index contributed by atoms with van der Waals surface area (Å²) in [7, 11) is 0.